The van der Waals surface area contributed by atoms with Gasteiger partial charge in [-0.3, -0.25) is 19.2 Å². The van der Waals surface area contributed by atoms with Gasteiger partial charge in [-0.1, -0.05) is 26.0 Å². The molecule has 0 unspecified atom stereocenters. The lowest BCUT2D eigenvalue weighted by molar-refractivity contribution is -0.139. The van der Waals surface area contributed by atoms with Crippen LogP contribution in [0.5, 0.6) is 5.75 Å². The van der Waals surface area contributed by atoms with Gasteiger partial charge in [0, 0.05) is 13.1 Å². The van der Waals surface area contributed by atoms with Gasteiger partial charge in [0.05, 0.1) is 18.0 Å². The van der Waals surface area contributed by atoms with Crippen molar-refractivity contribution < 1.29 is 23.9 Å². The van der Waals surface area contributed by atoms with E-state index in [4.69, 9.17) is 4.74 Å². The highest BCUT2D eigenvalue weighted by atomic mass is 16.5. The van der Waals surface area contributed by atoms with E-state index < -0.39 is 29.8 Å². The van der Waals surface area contributed by atoms with Crippen LogP contribution in [-0.2, 0) is 14.4 Å². The highest BCUT2D eigenvalue weighted by molar-refractivity contribution is 6.01. The standard InChI is InChI=1S/C27H41N5O5/c1-18(2)24-27(36)32-15-9-10-19(32)17-37-22-12-6-5-11-20(22)25(34)29-21(16-23(33)30-24)26(35)28-13-7-8-14-31(3)4/h5-6,11-12,18-19,21,24H,7-10,13-17H2,1-4H3,(H,28,35)(H,29,34)(H,30,33)/t19-,21+,24+/m1/s1. The quantitative estimate of drug-likeness (QED) is 0.469. The van der Waals surface area contributed by atoms with Crippen molar-refractivity contribution in [3.05, 3.63) is 29.8 Å². The number of fused-ring (bicyclic) bond motifs is 2. The number of hydrogen-bond donors (Lipinski definition) is 3. The molecule has 2 aliphatic heterocycles. The minimum absolute atomic E-state index is 0.143. The van der Waals surface area contributed by atoms with E-state index in [1.54, 1.807) is 29.2 Å². The van der Waals surface area contributed by atoms with Crippen LogP contribution in [0.15, 0.2) is 24.3 Å². The fourth-order valence-corrected chi connectivity index (χ4v) is 4.71. The van der Waals surface area contributed by atoms with E-state index in [9.17, 15) is 19.2 Å². The Morgan fingerprint density at radius 2 is 1.92 bits per heavy atom. The van der Waals surface area contributed by atoms with Gasteiger partial charge in [0.15, 0.2) is 0 Å². The molecule has 37 heavy (non-hydrogen) atoms. The van der Waals surface area contributed by atoms with Crippen molar-refractivity contribution in [3.8, 4) is 5.75 Å². The maximum atomic E-state index is 13.5. The third-order valence-electron chi connectivity index (χ3n) is 6.82. The second-order valence-corrected chi connectivity index (χ2v) is 10.5. The fourth-order valence-electron chi connectivity index (χ4n) is 4.71. The molecule has 1 fully saturated rings. The maximum absolute atomic E-state index is 13.5. The Kier molecular flexibility index (Phi) is 10.3. The summed E-state index contributed by atoms with van der Waals surface area (Å²) in [6, 6.07) is 4.84. The zero-order valence-electron chi connectivity index (χ0n) is 22.4. The summed E-state index contributed by atoms with van der Waals surface area (Å²) in [6.45, 7) is 5.92. The molecule has 1 aromatic rings. The number of carbonyl (C=O) groups excluding carboxylic acids is 4. The van der Waals surface area contributed by atoms with E-state index in [2.05, 4.69) is 20.9 Å². The van der Waals surface area contributed by atoms with Crippen molar-refractivity contribution in [2.24, 2.45) is 5.92 Å². The molecule has 2 heterocycles. The van der Waals surface area contributed by atoms with E-state index >= 15 is 0 Å². The predicted molar refractivity (Wildman–Crippen MR) is 140 cm³/mol. The molecule has 204 valence electrons. The summed E-state index contributed by atoms with van der Waals surface area (Å²) < 4.78 is 6.04. The van der Waals surface area contributed by atoms with Gasteiger partial charge in [-0.15, -0.1) is 0 Å². The molecule has 0 aromatic heterocycles. The average molecular weight is 516 g/mol. The first-order valence-corrected chi connectivity index (χ1v) is 13.2. The topological polar surface area (TPSA) is 120 Å². The van der Waals surface area contributed by atoms with E-state index in [0.717, 1.165) is 32.2 Å². The van der Waals surface area contributed by atoms with E-state index in [0.29, 0.717) is 18.8 Å². The van der Waals surface area contributed by atoms with Gasteiger partial charge in [0.1, 0.15) is 24.4 Å². The van der Waals surface area contributed by atoms with Crippen LogP contribution in [0.4, 0.5) is 0 Å². The lowest BCUT2D eigenvalue weighted by Crippen LogP contribution is -2.55. The van der Waals surface area contributed by atoms with Crippen LogP contribution in [-0.4, -0.2) is 91.9 Å². The number of unbranched alkanes of at least 4 members (excludes halogenated alkanes) is 1. The first-order valence-electron chi connectivity index (χ1n) is 13.2. The van der Waals surface area contributed by atoms with E-state index in [1.165, 1.54) is 0 Å². The number of rotatable bonds is 7. The van der Waals surface area contributed by atoms with Gasteiger partial charge in [-0.05, 0) is 64.4 Å². The molecule has 10 nitrogen and oxygen atoms in total. The Morgan fingerprint density at radius 1 is 1.16 bits per heavy atom. The smallest absolute Gasteiger partial charge is 0.255 e. The summed E-state index contributed by atoms with van der Waals surface area (Å²) in [5.74, 6) is -1.31. The third kappa shape index (κ3) is 7.92. The van der Waals surface area contributed by atoms with Crippen LogP contribution < -0.4 is 20.7 Å². The summed E-state index contributed by atoms with van der Waals surface area (Å²) in [5.41, 5.74) is 0.277. The predicted octanol–water partition coefficient (Wildman–Crippen LogP) is 1.16. The number of benzene rings is 1. The summed E-state index contributed by atoms with van der Waals surface area (Å²) >= 11 is 0. The van der Waals surface area contributed by atoms with Crippen LogP contribution in [0.3, 0.4) is 0 Å². The summed E-state index contributed by atoms with van der Waals surface area (Å²) in [4.78, 5) is 56.6. The second kappa shape index (κ2) is 13.4. The van der Waals surface area contributed by atoms with Crippen LogP contribution in [0.1, 0.15) is 56.3 Å². The van der Waals surface area contributed by atoms with Crippen molar-refractivity contribution in [1.82, 2.24) is 25.8 Å². The third-order valence-corrected chi connectivity index (χ3v) is 6.82. The molecular formula is C27H41N5O5. The van der Waals surface area contributed by atoms with Gasteiger partial charge in [0.25, 0.3) is 5.91 Å². The number of ether oxygens (including phenoxy) is 1. The maximum Gasteiger partial charge on any atom is 0.255 e. The minimum atomic E-state index is -1.10. The summed E-state index contributed by atoms with van der Waals surface area (Å²) in [6.07, 6.45) is 3.03. The fraction of sp³-hybridized carbons (Fsp3) is 0.630. The second-order valence-electron chi connectivity index (χ2n) is 10.5. The molecule has 0 spiro atoms. The lowest BCUT2D eigenvalue weighted by Gasteiger charge is -2.32. The first-order chi connectivity index (χ1) is 17.7. The Labute approximate surface area is 219 Å². The molecule has 1 saturated heterocycles. The molecule has 4 amide bonds. The number of amides is 4. The zero-order chi connectivity index (χ0) is 26.9. The number of carbonyl (C=O) groups is 4. The molecule has 0 saturated carbocycles. The van der Waals surface area contributed by atoms with Crippen molar-refractivity contribution in [2.75, 3.05) is 40.3 Å². The Bertz CT molecular complexity index is 966. The van der Waals surface area contributed by atoms with Crippen LogP contribution >= 0.6 is 0 Å². The van der Waals surface area contributed by atoms with Crippen molar-refractivity contribution in [1.29, 1.82) is 0 Å². The largest absolute Gasteiger partial charge is 0.491 e. The van der Waals surface area contributed by atoms with Crippen LogP contribution in [0.2, 0.25) is 0 Å². The molecule has 0 aliphatic carbocycles. The normalized spacial score (nSPS) is 23.0. The Balaban J connectivity index is 1.83. The average Bonchev–Trinajstić information content (AvgIpc) is 3.33. The molecule has 2 aliphatic rings. The van der Waals surface area contributed by atoms with Crippen molar-refractivity contribution in [2.45, 2.75) is 64.1 Å². The van der Waals surface area contributed by atoms with Gasteiger partial charge >= 0.3 is 0 Å². The molecule has 0 radical (unpaired) electrons. The summed E-state index contributed by atoms with van der Waals surface area (Å²) in [7, 11) is 3.98. The molecule has 3 atom stereocenters. The number of hydrogen-bond acceptors (Lipinski definition) is 6. The van der Waals surface area contributed by atoms with Gasteiger partial charge in [0.2, 0.25) is 17.7 Å². The monoisotopic (exact) mass is 515 g/mol. The van der Waals surface area contributed by atoms with E-state index in [1.807, 2.05) is 27.9 Å². The van der Waals surface area contributed by atoms with Crippen molar-refractivity contribution >= 4 is 23.6 Å². The molecular weight excluding hydrogens is 474 g/mol. The molecule has 3 N–H and O–H groups in total. The van der Waals surface area contributed by atoms with Crippen LogP contribution in [0, 0.1) is 5.92 Å². The molecule has 3 rings (SSSR count). The van der Waals surface area contributed by atoms with E-state index in [-0.39, 0.29) is 36.5 Å². The van der Waals surface area contributed by atoms with Crippen molar-refractivity contribution in [3.63, 3.8) is 0 Å². The number of para-hydroxylation sites is 1. The van der Waals surface area contributed by atoms with Gasteiger partial charge in [-0.2, -0.15) is 0 Å². The van der Waals surface area contributed by atoms with Gasteiger partial charge in [-0.25, -0.2) is 0 Å². The molecule has 1 aromatic carbocycles. The summed E-state index contributed by atoms with van der Waals surface area (Å²) in [5, 5.41) is 8.40. The highest BCUT2D eigenvalue weighted by Gasteiger charge is 2.37. The molecule has 10 heteroatoms. The highest BCUT2D eigenvalue weighted by Crippen LogP contribution is 2.24. The zero-order valence-corrected chi connectivity index (χ0v) is 22.4. The Hall–Kier alpha value is -3.14. The van der Waals surface area contributed by atoms with Gasteiger partial charge < -0.3 is 30.5 Å². The first kappa shape index (κ1) is 28.4. The Morgan fingerprint density at radius 3 is 2.65 bits per heavy atom. The van der Waals surface area contributed by atoms with Crippen LogP contribution in [0.25, 0.3) is 0 Å². The number of nitrogens with one attached hydrogen (secondary N) is 3. The number of nitrogens with zero attached hydrogens (tertiary/aromatic N) is 2. The minimum Gasteiger partial charge on any atom is -0.491 e. The lowest BCUT2D eigenvalue weighted by atomic mass is 10.0. The SMILES string of the molecule is CC(C)[C@@H]1NC(=O)C[C@@H](C(=O)NCCCCN(C)C)NC(=O)c2ccccc2OC[C@H]2CCCN2C1=O. The molecule has 0 bridgehead atoms.